The van der Waals surface area contributed by atoms with E-state index in [1.165, 1.54) is 3.57 Å². The molecule has 0 saturated carbocycles. The zero-order valence-corrected chi connectivity index (χ0v) is 15.1. The van der Waals surface area contributed by atoms with Crippen LogP contribution in [0.25, 0.3) is 0 Å². The van der Waals surface area contributed by atoms with E-state index in [0.717, 1.165) is 10.0 Å². The Labute approximate surface area is 150 Å². The number of hydrogen-bond acceptors (Lipinski definition) is 2. The highest BCUT2D eigenvalue weighted by molar-refractivity contribution is 9.10. The zero-order valence-electron chi connectivity index (χ0n) is 11.4. The van der Waals surface area contributed by atoms with Crippen molar-refractivity contribution in [3.05, 3.63) is 68.2 Å². The van der Waals surface area contributed by atoms with Crippen molar-refractivity contribution < 1.29 is 44.3 Å². The largest absolute Gasteiger partial charge is 0.542 e. The molecule has 0 aliphatic heterocycles. The molecule has 2 rings (SSSR count). The van der Waals surface area contributed by atoms with Crippen LogP contribution in [-0.4, -0.2) is 12.1 Å². The van der Waals surface area contributed by atoms with E-state index in [4.69, 9.17) is 9.90 Å². The Bertz CT molecular complexity index is 689. The highest BCUT2D eigenvalue weighted by Crippen LogP contribution is 2.11. The number of halogens is 5. The fourth-order valence-electron chi connectivity index (χ4n) is 1.14. The number of alkyl halides is 3. The zero-order chi connectivity index (χ0) is 17.3. The van der Waals surface area contributed by atoms with Gasteiger partial charge in [-0.25, -0.2) is 0 Å². The quantitative estimate of drug-likeness (QED) is 0.412. The fourth-order valence-corrected chi connectivity index (χ4v) is 2.94. The molecule has 0 unspecified atom stereocenters. The molecule has 120 valence electrons. The average molecular weight is 497 g/mol. The number of hydrogen-bond donors (Lipinski definition) is 0. The third kappa shape index (κ3) is 8.62. The highest BCUT2D eigenvalue weighted by atomic mass is 127. The summed E-state index contributed by atoms with van der Waals surface area (Å²) in [5.74, 6) is 0.191. The van der Waals surface area contributed by atoms with Crippen molar-refractivity contribution in [3.8, 4) is 9.85 Å². The minimum atomic E-state index is -5.19. The van der Waals surface area contributed by atoms with Crippen LogP contribution in [-0.2, 0) is 4.79 Å². The molecule has 0 amide bonds. The molecule has 7 heteroatoms. The smallest absolute Gasteiger partial charge is 0.430 e. The summed E-state index contributed by atoms with van der Waals surface area (Å²) in [4.78, 5) is 8.78. The number of carboxylic acid groups (broad SMARTS) is 1. The van der Waals surface area contributed by atoms with E-state index in [9.17, 15) is 13.2 Å². The van der Waals surface area contributed by atoms with Crippen LogP contribution < -0.4 is 26.3 Å². The van der Waals surface area contributed by atoms with Gasteiger partial charge in [-0.15, -0.1) is 0 Å². The summed E-state index contributed by atoms with van der Waals surface area (Å²) in [5, 5.41) is 8.78. The summed E-state index contributed by atoms with van der Waals surface area (Å²) in [7, 11) is 0. The molecule has 0 fully saturated rings. The molecule has 0 aromatic heterocycles. The van der Waals surface area contributed by atoms with Gasteiger partial charge in [-0.2, -0.15) is 13.2 Å². The summed E-state index contributed by atoms with van der Waals surface area (Å²) in [6, 6.07) is 18.6. The van der Waals surface area contributed by atoms with E-state index in [2.05, 4.69) is 50.0 Å². The van der Waals surface area contributed by atoms with E-state index in [1.54, 1.807) is 0 Å². The van der Waals surface area contributed by atoms with E-state index in [1.807, 2.05) is 30.3 Å². The van der Waals surface area contributed by atoms with Crippen LogP contribution >= 0.6 is 15.9 Å². The molecule has 0 atom stereocenters. The second kappa shape index (κ2) is 9.57. The molecule has 0 spiro atoms. The summed E-state index contributed by atoms with van der Waals surface area (Å²) >= 11 is 3.23. The first-order chi connectivity index (χ1) is 10.8. The van der Waals surface area contributed by atoms with Crippen LogP contribution in [0.2, 0.25) is 0 Å². The van der Waals surface area contributed by atoms with Crippen LogP contribution in [0.4, 0.5) is 13.2 Å². The van der Waals surface area contributed by atoms with Crippen molar-refractivity contribution in [2.75, 3.05) is 0 Å². The van der Waals surface area contributed by atoms with Gasteiger partial charge in [0.05, 0.1) is 0 Å². The van der Waals surface area contributed by atoms with E-state index in [-0.39, 0.29) is 21.2 Å². The summed E-state index contributed by atoms with van der Waals surface area (Å²) in [6.07, 6.45) is -5.19. The number of carbonyl (C=O) groups is 1. The van der Waals surface area contributed by atoms with Gasteiger partial charge in [0, 0.05) is 10.0 Å². The van der Waals surface area contributed by atoms with E-state index >= 15 is 0 Å². The first kappa shape index (κ1) is 19.5. The van der Waals surface area contributed by atoms with Gasteiger partial charge in [0.2, 0.25) is 3.57 Å². The molecule has 0 bridgehead atoms. The molecular weight excluding hydrogens is 488 g/mol. The van der Waals surface area contributed by atoms with Gasteiger partial charge < -0.3 is 9.90 Å². The normalized spacial score (nSPS) is 9.91. The van der Waals surface area contributed by atoms with Gasteiger partial charge in [-0.3, -0.25) is 0 Å². The summed E-state index contributed by atoms with van der Waals surface area (Å²) in [5.41, 5.74) is 1.08. The maximum Gasteiger partial charge on any atom is 0.430 e. The average Bonchev–Trinajstić information content (AvgIpc) is 2.50. The van der Waals surface area contributed by atoms with Gasteiger partial charge >= 0.3 is 27.4 Å². The maximum atomic E-state index is 10.5. The van der Waals surface area contributed by atoms with Crippen LogP contribution in [0.5, 0.6) is 0 Å². The minimum absolute atomic E-state index is 0.180. The Morgan fingerprint density at radius 3 is 2.04 bits per heavy atom. The Hall–Kier alpha value is -1.53. The third-order valence-electron chi connectivity index (χ3n) is 2.16. The van der Waals surface area contributed by atoms with Crippen molar-refractivity contribution in [2.45, 2.75) is 6.18 Å². The Kier molecular flexibility index (Phi) is 8.12. The predicted octanol–water partition coefficient (Wildman–Crippen LogP) is 0.0155. The Morgan fingerprint density at radius 2 is 1.57 bits per heavy atom. The molecule has 0 aliphatic carbocycles. The lowest BCUT2D eigenvalue weighted by atomic mass is 10.2. The number of benzene rings is 2. The predicted molar refractivity (Wildman–Crippen MR) is 77.2 cm³/mol. The summed E-state index contributed by atoms with van der Waals surface area (Å²) in [6.45, 7) is 0. The lowest BCUT2D eigenvalue weighted by molar-refractivity contribution is -0.535. The van der Waals surface area contributed by atoms with Crippen LogP contribution in [0.15, 0.2) is 59.1 Å². The molecule has 23 heavy (non-hydrogen) atoms. The van der Waals surface area contributed by atoms with Crippen molar-refractivity contribution >= 4 is 21.9 Å². The lowest BCUT2D eigenvalue weighted by Gasteiger charge is -2.03. The monoisotopic (exact) mass is 496 g/mol. The Balaban J connectivity index is 0.000000322. The molecular formula is C16H9BrF3IO2. The molecule has 0 heterocycles. The number of carbonyl (C=O) groups excluding carboxylic acids is 1. The van der Waals surface area contributed by atoms with Gasteiger partial charge in [-0.1, -0.05) is 34.1 Å². The molecule has 0 radical (unpaired) electrons. The number of aliphatic carboxylic acids is 1. The highest BCUT2D eigenvalue weighted by Gasteiger charge is 2.28. The maximum absolute atomic E-state index is 10.5. The van der Waals surface area contributed by atoms with Crippen molar-refractivity contribution in [3.63, 3.8) is 0 Å². The minimum Gasteiger partial charge on any atom is -0.542 e. The van der Waals surface area contributed by atoms with E-state index in [0.29, 0.717) is 0 Å². The lowest BCUT2D eigenvalue weighted by Crippen LogP contribution is -3.59. The van der Waals surface area contributed by atoms with Gasteiger partial charge in [0.15, 0.2) is 3.93 Å². The van der Waals surface area contributed by atoms with Crippen LogP contribution in [0.3, 0.4) is 0 Å². The summed E-state index contributed by atoms with van der Waals surface area (Å²) < 4.78 is 37.3. The second-order valence-corrected chi connectivity index (χ2v) is 7.14. The van der Waals surface area contributed by atoms with Gasteiger partial charge in [0.25, 0.3) is 0 Å². The fraction of sp³-hybridized carbons (Fsp3) is 0.0625. The molecule has 0 N–H and O–H groups in total. The molecule has 0 saturated heterocycles. The SMILES string of the molecule is Brc1ccc(C#C[I+]c2ccccc2)cc1.O=C([O-])C(F)(F)F. The standard InChI is InChI=1S/C14H9BrI.C2HF3O2/c15-13-8-6-12(7-9-13)10-11-16-14-4-2-1-3-5-14;3-2(4,5)1(6)7/h1-9H;(H,6,7)/q+1;/p-1. The molecule has 2 aromatic carbocycles. The van der Waals surface area contributed by atoms with Crippen LogP contribution in [0, 0.1) is 13.4 Å². The van der Waals surface area contributed by atoms with Gasteiger partial charge in [0.1, 0.15) is 5.97 Å². The van der Waals surface area contributed by atoms with Crippen molar-refractivity contribution in [2.24, 2.45) is 0 Å². The third-order valence-corrected chi connectivity index (χ3v) is 4.57. The first-order valence-electron chi connectivity index (χ1n) is 6.02. The number of carboxylic acids is 1. The molecule has 0 aliphatic rings. The van der Waals surface area contributed by atoms with Crippen molar-refractivity contribution in [1.29, 1.82) is 0 Å². The number of rotatable bonds is 1. The second-order valence-electron chi connectivity index (χ2n) is 3.90. The molecule has 2 nitrogen and oxygen atoms in total. The van der Waals surface area contributed by atoms with Crippen LogP contribution in [0.1, 0.15) is 5.56 Å². The Morgan fingerprint density at radius 1 is 1.04 bits per heavy atom. The van der Waals surface area contributed by atoms with Gasteiger partial charge in [-0.05, 0) is 42.3 Å². The topological polar surface area (TPSA) is 40.1 Å². The molecule has 2 aromatic rings. The van der Waals surface area contributed by atoms with E-state index < -0.39 is 12.1 Å². The first-order valence-corrected chi connectivity index (χ1v) is 8.97. The van der Waals surface area contributed by atoms with Crippen molar-refractivity contribution in [1.82, 2.24) is 0 Å².